The van der Waals surface area contributed by atoms with Crippen LogP contribution in [-0.4, -0.2) is 27.6 Å². The number of nitrogens with one attached hydrogen (secondary N) is 2. The standard InChI is InChI=1S/C15H13N3O3/c19-9-2-1-4-11-6-8-16-13(10-11)18-15(21)12-5-3-7-17-14(12)20/h3,5-8,10,19H,2,9H2,(H,17,20)(H,16,18,21). The van der Waals surface area contributed by atoms with Crippen LogP contribution in [0.5, 0.6) is 0 Å². The highest BCUT2D eigenvalue weighted by molar-refractivity contribution is 6.03. The van der Waals surface area contributed by atoms with Crippen LogP contribution in [-0.2, 0) is 0 Å². The van der Waals surface area contributed by atoms with Crippen molar-refractivity contribution in [1.29, 1.82) is 0 Å². The Morgan fingerprint density at radius 3 is 3.05 bits per heavy atom. The number of anilines is 1. The second-order valence-corrected chi connectivity index (χ2v) is 4.07. The Hall–Kier alpha value is -2.91. The first-order valence-corrected chi connectivity index (χ1v) is 6.25. The molecule has 6 heteroatoms. The van der Waals surface area contributed by atoms with Crippen molar-refractivity contribution in [3.63, 3.8) is 0 Å². The molecule has 0 saturated heterocycles. The summed E-state index contributed by atoms with van der Waals surface area (Å²) in [5, 5.41) is 11.2. The number of aliphatic hydroxyl groups excluding tert-OH is 1. The average molecular weight is 283 g/mol. The molecule has 0 aliphatic carbocycles. The number of hydrogen-bond acceptors (Lipinski definition) is 4. The molecule has 0 spiro atoms. The van der Waals surface area contributed by atoms with Gasteiger partial charge in [0.1, 0.15) is 11.4 Å². The van der Waals surface area contributed by atoms with Crippen LogP contribution in [0.4, 0.5) is 5.82 Å². The molecule has 0 bridgehead atoms. The molecule has 0 atom stereocenters. The van der Waals surface area contributed by atoms with E-state index >= 15 is 0 Å². The molecule has 2 aromatic heterocycles. The Balaban J connectivity index is 2.15. The quantitative estimate of drug-likeness (QED) is 0.725. The Bertz CT molecular complexity index is 756. The average Bonchev–Trinajstić information content (AvgIpc) is 2.48. The number of rotatable bonds is 3. The van der Waals surface area contributed by atoms with Crippen molar-refractivity contribution in [2.24, 2.45) is 0 Å². The molecule has 1 amide bonds. The molecule has 2 heterocycles. The highest BCUT2D eigenvalue weighted by Gasteiger charge is 2.10. The predicted octanol–water partition coefficient (Wildman–Crippen LogP) is 0.756. The van der Waals surface area contributed by atoms with Crippen molar-refractivity contribution in [1.82, 2.24) is 9.97 Å². The highest BCUT2D eigenvalue weighted by Crippen LogP contribution is 2.07. The molecule has 21 heavy (non-hydrogen) atoms. The molecular formula is C15H13N3O3. The van der Waals surface area contributed by atoms with Crippen LogP contribution in [0.3, 0.4) is 0 Å². The van der Waals surface area contributed by atoms with Gasteiger partial charge in [0, 0.05) is 24.4 Å². The lowest BCUT2D eigenvalue weighted by molar-refractivity contribution is 0.102. The number of aliphatic hydroxyl groups is 1. The first kappa shape index (κ1) is 14.5. The summed E-state index contributed by atoms with van der Waals surface area (Å²) in [7, 11) is 0. The van der Waals surface area contributed by atoms with Gasteiger partial charge in [-0.1, -0.05) is 11.8 Å². The van der Waals surface area contributed by atoms with E-state index in [1.165, 1.54) is 18.5 Å². The molecule has 6 nitrogen and oxygen atoms in total. The molecule has 0 unspecified atom stereocenters. The van der Waals surface area contributed by atoms with Crippen LogP contribution >= 0.6 is 0 Å². The van der Waals surface area contributed by atoms with E-state index in [4.69, 9.17) is 5.11 Å². The second kappa shape index (κ2) is 7.03. The van der Waals surface area contributed by atoms with E-state index in [9.17, 15) is 9.59 Å². The van der Waals surface area contributed by atoms with Crippen molar-refractivity contribution < 1.29 is 9.90 Å². The number of hydrogen-bond donors (Lipinski definition) is 3. The van der Waals surface area contributed by atoms with E-state index in [1.807, 2.05) is 0 Å². The third-order valence-corrected chi connectivity index (χ3v) is 2.53. The van der Waals surface area contributed by atoms with E-state index in [0.717, 1.165) is 0 Å². The SMILES string of the molecule is O=C(Nc1cc(C#CCCO)ccn1)c1ccc[nH]c1=O. The van der Waals surface area contributed by atoms with Crippen LogP contribution < -0.4 is 10.9 Å². The zero-order valence-corrected chi connectivity index (χ0v) is 11.1. The van der Waals surface area contributed by atoms with Gasteiger partial charge in [-0.05, 0) is 24.3 Å². The summed E-state index contributed by atoms with van der Waals surface area (Å²) >= 11 is 0. The summed E-state index contributed by atoms with van der Waals surface area (Å²) in [5.74, 6) is 5.39. The van der Waals surface area contributed by atoms with Crippen molar-refractivity contribution in [3.8, 4) is 11.8 Å². The summed E-state index contributed by atoms with van der Waals surface area (Å²) in [5.41, 5.74) is 0.209. The maximum atomic E-state index is 12.0. The summed E-state index contributed by atoms with van der Waals surface area (Å²) in [4.78, 5) is 29.9. The van der Waals surface area contributed by atoms with E-state index in [1.54, 1.807) is 18.2 Å². The maximum absolute atomic E-state index is 12.0. The summed E-state index contributed by atoms with van der Waals surface area (Å²) < 4.78 is 0. The van der Waals surface area contributed by atoms with Gasteiger partial charge in [0.15, 0.2) is 0 Å². The minimum absolute atomic E-state index is 0.00153. The summed E-state index contributed by atoms with van der Waals surface area (Å²) in [6.07, 6.45) is 3.34. The van der Waals surface area contributed by atoms with Gasteiger partial charge >= 0.3 is 0 Å². The maximum Gasteiger partial charge on any atom is 0.262 e. The number of amides is 1. The van der Waals surface area contributed by atoms with Crippen LogP contribution in [0.2, 0.25) is 0 Å². The summed E-state index contributed by atoms with van der Waals surface area (Å²) in [6.45, 7) is -0.00153. The number of pyridine rings is 2. The molecule has 3 N–H and O–H groups in total. The van der Waals surface area contributed by atoms with Gasteiger partial charge in [0.25, 0.3) is 11.5 Å². The third-order valence-electron chi connectivity index (χ3n) is 2.53. The fourth-order valence-electron chi connectivity index (χ4n) is 1.58. The number of carbonyl (C=O) groups is 1. The van der Waals surface area contributed by atoms with Gasteiger partial charge in [-0.25, -0.2) is 4.98 Å². The van der Waals surface area contributed by atoms with Crippen LogP contribution in [0.25, 0.3) is 0 Å². The van der Waals surface area contributed by atoms with E-state index in [2.05, 4.69) is 27.1 Å². The fourth-order valence-corrected chi connectivity index (χ4v) is 1.58. The fraction of sp³-hybridized carbons (Fsp3) is 0.133. The summed E-state index contributed by atoms with van der Waals surface area (Å²) in [6, 6.07) is 6.29. The first-order valence-electron chi connectivity index (χ1n) is 6.25. The van der Waals surface area contributed by atoms with Gasteiger partial charge in [-0.3, -0.25) is 9.59 Å². The molecule has 0 saturated carbocycles. The molecule has 2 aromatic rings. The predicted molar refractivity (Wildman–Crippen MR) is 77.8 cm³/mol. The minimum atomic E-state index is -0.537. The van der Waals surface area contributed by atoms with Gasteiger partial charge in [-0.15, -0.1) is 0 Å². The first-order chi connectivity index (χ1) is 10.2. The molecule has 0 fully saturated rings. The Kier molecular flexibility index (Phi) is 4.85. The van der Waals surface area contributed by atoms with E-state index in [0.29, 0.717) is 17.8 Å². The monoisotopic (exact) mass is 283 g/mol. The van der Waals surface area contributed by atoms with Gasteiger partial charge in [0.05, 0.1) is 6.61 Å². The van der Waals surface area contributed by atoms with E-state index < -0.39 is 11.5 Å². The number of aromatic amines is 1. The van der Waals surface area contributed by atoms with Crippen molar-refractivity contribution in [3.05, 3.63) is 58.1 Å². The van der Waals surface area contributed by atoms with E-state index in [-0.39, 0.29) is 12.2 Å². The molecule has 0 radical (unpaired) electrons. The molecule has 2 rings (SSSR count). The van der Waals surface area contributed by atoms with Crippen LogP contribution in [0, 0.1) is 11.8 Å². The number of aromatic nitrogens is 2. The smallest absolute Gasteiger partial charge is 0.262 e. The highest BCUT2D eigenvalue weighted by atomic mass is 16.2. The van der Waals surface area contributed by atoms with Crippen LogP contribution in [0.15, 0.2) is 41.5 Å². The zero-order valence-electron chi connectivity index (χ0n) is 11.1. The Morgan fingerprint density at radius 2 is 2.29 bits per heavy atom. The molecule has 0 aliphatic rings. The number of carbonyl (C=O) groups excluding carboxylic acids is 1. The van der Waals surface area contributed by atoms with Crippen molar-refractivity contribution in [2.45, 2.75) is 6.42 Å². The van der Waals surface area contributed by atoms with Crippen molar-refractivity contribution in [2.75, 3.05) is 11.9 Å². The molecule has 0 aliphatic heterocycles. The van der Waals surface area contributed by atoms with Gasteiger partial charge in [0.2, 0.25) is 0 Å². The van der Waals surface area contributed by atoms with Gasteiger partial charge < -0.3 is 15.4 Å². The number of H-pyrrole nitrogens is 1. The molecule has 106 valence electrons. The minimum Gasteiger partial charge on any atom is -0.395 e. The Labute approximate surface area is 120 Å². The zero-order chi connectivity index (χ0) is 15.1. The van der Waals surface area contributed by atoms with Gasteiger partial charge in [-0.2, -0.15) is 0 Å². The lowest BCUT2D eigenvalue weighted by Gasteiger charge is -2.03. The second-order valence-electron chi connectivity index (χ2n) is 4.07. The lowest BCUT2D eigenvalue weighted by Crippen LogP contribution is -2.22. The largest absolute Gasteiger partial charge is 0.395 e. The topological polar surface area (TPSA) is 95.1 Å². The molecular weight excluding hydrogens is 270 g/mol. The van der Waals surface area contributed by atoms with Crippen LogP contribution in [0.1, 0.15) is 22.3 Å². The Morgan fingerprint density at radius 1 is 1.43 bits per heavy atom. The third kappa shape index (κ3) is 4.03. The molecule has 0 aromatic carbocycles. The van der Waals surface area contributed by atoms with Crippen molar-refractivity contribution >= 4 is 11.7 Å². The normalized spacial score (nSPS) is 9.57. The number of nitrogens with zero attached hydrogens (tertiary/aromatic N) is 1. The lowest BCUT2D eigenvalue weighted by atomic mass is 10.2.